The molecule has 0 aromatic heterocycles. The molecule has 0 spiro atoms. The summed E-state index contributed by atoms with van der Waals surface area (Å²) in [5.41, 5.74) is 0. The predicted molar refractivity (Wildman–Crippen MR) is 47.6 cm³/mol. The van der Waals surface area contributed by atoms with Gasteiger partial charge in [0.25, 0.3) is 0 Å². The SMILES string of the molecule is [CH2]C(=O)N1CCN([S+](C)[O-])CC1. The lowest BCUT2D eigenvalue weighted by Crippen LogP contribution is -2.49. The fourth-order valence-electron chi connectivity index (χ4n) is 1.19. The monoisotopic (exact) mass is 189 g/mol. The van der Waals surface area contributed by atoms with Gasteiger partial charge in [0.1, 0.15) is 6.26 Å². The molecule has 0 saturated carbocycles. The lowest BCUT2D eigenvalue weighted by Gasteiger charge is -2.32. The van der Waals surface area contributed by atoms with Crippen LogP contribution >= 0.6 is 0 Å². The highest BCUT2D eigenvalue weighted by atomic mass is 32.2. The van der Waals surface area contributed by atoms with Crippen LogP contribution in [0.3, 0.4) is 0 Å². The van der Waals surface area contributed by atoms with Crippen LogP contribution in [0.1, 0.15) is 0 Å². The van der Waals surface area contributed by atoms with E-state index in [1.807, 2.05) is 4.31 Å². The first-order valence-corrected chi connectivity index (χ1v) is 5.32. The lowest BCUT2D eigenvalue weighted by atomic mass is 10.3. The number of carbonyl (C=O) groups excluding carboxylic acids is 1. The van der Waals surface area contributed by atoms with Gasteiger partial charge in [-0.25, -0.2) is 0 Å². The van der Waals surface area contributed by atoms with Crippen LogP contribution in [0.15, 0.2) is 0 Å². The molecule has 1 saturated heterocycles. The van der Waals surface area contributed by atoms with Gasteiger partial charge in [-0.3, -0.25) is 4.79 Å². The Morgan fingerprint density at radius 3 is 2.25 bits per heavy atom. The van der Waals surface area contributed by atoms with Gasteiger partial charge in [0.15, 0.2) is 0 Å². The average Bonchev–Trinajstić information content (AvgIpc) is 2.04. The second kappa shape index (κ2) is 4.11. The van der Waals surface area contributed by atoms with E-state index in [1.165, 1.54) is 0 Å². The van der Waals surface area contributed by atoms with Gasteiger partial charge in [0.05, 0.1) is 13.1 Å². The van der Waals surface area contributed by atoms with Crippen molar-refractivity contribution in [3.05, 3.63) is 6.92 Å². The fraction of sp³-hybridized carbons (Fsp3) is 0.714. The van der Waals surface area contributed by atoms with Gasteiger partial charge in [0.2, 0.25) is 5.91 Å². The van der Waals surface area contributed by atoms with Gasteiger partial charge in [-0.1, -0.05) is 0 Å². The molecule has 0 aromatic carbocycles. The Morgan fingerprint density at radius 2 is 1.92 bits per heavy atom. The van der Waals surface area contributed by atoms with Crippen molar-refractivity contribution in [3.8, 4) is 0 Å². The standard InChI is InChI=1S/C7H13N2O2S/c1-7(10)8-3-5-9(6-4-8)12(2)11/h1,3-6H2,2H3. The number of nitrogens with zero attached hydrogens (tertiary/aromatic N) is 2. The number of rotatable bonds is 1. The second-order valence-corrected chi connectivity index (χ2v) is 4.10. The van der Waals surface area contributed by atoms with Crippen LogP contribution < -0.4 is 0 Å². The van der Waals surface area contributed by atoms with Crippen molar-refractivity contribution in [2.75, 3.05) is 32.4 Å². The van der Waals surface area contributed by atoms with Gasteiger partial charge in [-0.05, 0) is 0 Å². The van der Waals surface area contributed by atoms with Gasteiger partial charge in [-0.15, -0.1) is 4.31 Å². The summed E-state index contributed by atoms with van der Waals surface area (Å²) in [5.74, 6) is -0.142. The minimum atomic E-state index is -0.905. The number of hydrogen-bond acceptors (Lipinski definition) is 3. The molecule has 5 heteroatoms. The zero-order chi connectivity index (χ0) is 9.14. The molecule has 1 fully saturated rings. The summed E-state index contributed by atoms with van der Waals surface area (Å²) in [5, 5.41) is 0. The minimum absolute atomic E-state index is 0.142. The molecule has 1 aliphatic rings. The topological polar surface area (TPSA) is 46.6 Å². The van der Waals surface area contributed by atoms with Crippen molar-refractivity contribution in [1.82, 2.24) is 9.21 Å². The number of carbonyl (C=O) groups is 1. The van der Waals surface area contributed by atoms with Crippen LogP contribution in [0.25, 0.3) is 0 Å². The van der Waals surface area contributed by atoms with Crippen LogP contribution in [-0.2, 0) is 16.2 Å². The van der Waals surface area contributed by atoms with E-state index in [1.54, 1.807) is 11.2 Å². The van der Waals surface area contributed by atoms with E-state index < -0.39 is 11.4 Å². The Labute approximate surface area is 75.8 Å². The number of amides is 1. The van der Waals surface area contributed by atoms with Crippen LogP contribution in [0.5, 0.6) is 0 Å². The first kappa shape index (κ1) is 9.83. The van der Waals surface area contributed by atoms with Crippen molar-refractivity contribution in [3.63, 3.8) is 0 Å². The highest BCUT2D eigenvalue weighted by molar-refractivity contribution is 7.88. The molecule has 69 valence electrons. The highest BCUT2D eigenvalue weighted by Gasteiger charge is 2.23. The molecule has 0 aromatic rings. The van der Waals surface area contributed by atoms with E-state index >= 15 is 0 Å². The normalized spacial score (nSPS) is 22.4. The molecule has 1 radical (unpaired) electrons. The van der Waals surface area contributed by atoms with E-state index in [-0.39, 0.29) is 5.91 Å². The molecule has 0 bridgehead atoms. The molecule has 1 rings (SSSR count). The van der Waals surface area contributed by atoms with Crippen LogP contribution in [-0.4, -0.2) is 52.1 Å². The molecule has 0 aliphatic carbocycles. The molecular formula is C7H13N2O2S. The summed E-state index contributed by atoms with van der Waals surface area (Å²) >= 11 is -0.905. The molecule has 1 atom stereocenters. The third kappa shape index (κ3) is 2.36. The van der Waals surface area contributed by atoms with Crippen LogP contribution in [0.4, 0.5) is 0 Å². The summed E-state index contributed by atoms with van der Waals surface area (Å²) in [4.78, 5) is 12.5. The van der Waals surface area contributed by atoms with Gasteiger partial charge >= 0.3 is 0 Å². The Balaban J connectivity index is 2.34. The molecular weight excluding hydrogens is 176 g/mol. The number of hydrogen-bond donors (Lipinski definition) is 0. The fourth-order valence-corrected chi connectivity index (χ4v) is 1.87. The second-order valence-electron chi connectivity index (χ2n) is 2.73. The smallest absolute Gasteiger partial charge is 0.223 e. The van der Waals surface area contributed by atoms with Crippen molar-refractivity contribution < 1.29 is 9.35 Å². The Bertz CT molecular complexity index is 167. The molecule has 1 amide bonds. The van der Waals surface area contributed by atoms with Crippen molar-refractivity contribution in [2.45, 2.75) is 0 Å². The predicted octanol–water partition coefficient (Wildman–Crippen LogP) is -0.742. The van der Waals surface area contributed by atoms with Crippen molar-refractivity contribution >= 4 is 17.3 Å². The lowest BCUT2D eigenvalue weighted by molar-refractivity contribution is -0.127. The first-order chi connectivity index (χ1) is 5.61. The third-order valence-corrected chi connectivity index (χ3v) is 3.05. The molecule has 4 nitrogen and oxygen atoms in total. The largest absolute Gasteiger partial charge is 0.598 e. The molecule has 0 N–H and O–H groups in total. The van der Waals surface area contributed by atoms with Crippen molar-refractivity contribution in [2.24, 2.45) is 0 Å². The Hall–Kier alpha value is -0.260. The van der Waals surface area contributed by atoms with Gasteiger partial charge < -0.3 is 9.45 Å². The van der Waals surface area contributed by atoms with Gasteiger partial charge in [-0.2, -0.15) is 0 Å². The average molecular weight is 189 g/mol. The quantitative estimate of drug-likeness (QED) is 0.510. The minimum Gasteiger partial charge on any atom is -0.598 e. The summed E-state index contributed by atoms with van der Waals surface area (Å²) in [7, 11) is 0. The zero-order valence-corrected chi connectivity index (χ0v) is 7.97. The number of piperazine rings is 1. The summed E-state index contributed by atoms with van der Waals surface area (Å²) in [6, 6.07) is 0. The van der Waals surface area contributed by atoms with E-state index in [9.17, 15) is 9.35 Å². The Morgan fingerprint density at radius 1 is 1.42 bits per heavy atom. The zero-order valence-electron chi connectivity index (χ0n) is 7.15. The molecule has 1 aliphatic heterocycles. The summed E-state index contributed by atoms with van der Waals surface area (Å²) < 4.78 is 12.8. The van der Waals surface area contributed by atoms with Crippen LogP contribution in [0, 0.1) is 6.92 Å². The van der Waals surface area contributed by atoms with E-state index in [2.05, 4.69) is 6.92 Å². The van der Waals surface area contributed by atoms with E-state index in [0.29, 0.717) is 26.2 Å². The van der Waals surface area contributed by atoms with Crippen LogP contribution in [0.2, 0.25) is 0 Å². The van der Waals surface area contributed by atoms with Crippen molar-refractivity contribution in [1.29, 1.82) is 0 Å². The molecule has 1 unspecified atom stereocenters. The third-order valence-electron chi connectivity index (χ3n) is 1.95. The van der Waals surface area contributed by atoms with Gasteiger partial charge in [0, 0.05) is 31.4 Å². The first-order valence-electron chi connectivity index (χ1n) is 3.80. The molecule has 12 heavy (non-hydrogen) atoms. The highest BCUT2D eigenvalue weighted by Crippen LogP contribution is 2.05. The maximum absolute atomic E-state index is 11.0. The molecule has 1 heterocycles. The van der Waals surface area contributed by atoms with E-state index in [4.69, 9.17) is 0 Å². The summed E-state index contributed by atoms with van der Waals surface area (Å²) in [6.07, 6.45) is 1.65. The Kier molecular flexibility index (Phi) is 3.37. The van der Waals surface area contributed by atoms with E-state index in [0.717, 1.165) is 0 Å². The maximum atomic E-state index is 11.0. The summed E-state index contributed by atoms with van der Waals surface area (Å²) in [6.45, 7) is 5.98. The maximum Gasteiger partial charge on any atom is 0.223 e.